The molecule has 0 aromatic heterocycles. The van der Waals surface area contributed by atoms with Crippen LogP contribution in [0.3, 0.4) is 0 Å². The van der Waals surface area contributed by atoms with Gasteiger partial charge in [-0.15, -0.1) is 0 Å². The lowest BCUT2D eigenvalue weighted by molar-refractivity contribution is -0.177. The molecular formula is C15H30O4Si. The summed E-state index contributed by atoms with van der Waals surface area (Å²) < 4.78 is 11.9. The summed E-state index contributed by atoms with van der Waals surface area (Å²) in [6.45, 7) is 15.0. The number of rotatable bonds is 4. The second-order valence-corrected chi connectivity index (χ2v) is 12.2. The van der Waals surface area contributed by atoms with Crippen molar-refractivity contribution < 1.29 is 19.1 Å². The first-order valence-electron chi connectivity index (χ1n) is 7.50. The minimum Gasteiger partial charge on any atom is -0.462 e. The van der Waals surface area contributed by atoms with Gasteiger partial charge in [-0.25, -0.2) is 0 Å². The summed E-state index contributed by atoms with van der Waals surface area (Å²) >= 11 is 0. The number of ether oxygens (including phenoxy) is 1. The topological polar surface area (TPSA) is 55.8 Å². The molecule has 4 atom stereocenters. The van der Waals surface area contributed by atoms with Gasteiger partial charge in [0.2, 0.25) is 0 Å². The largest absolute Gasteiger partial charge is 0.462 e. The highest BCUT2D eigenvalue weighted by Crippen LogP contribution is 2.41. The van der Waals surface area contributed by atoms with E-state index in [1.165, 1.54) is 0 Å². The van der Waals surface area contributed by atoms with Gasteiger partial charge in [-0.3, -0.25) is 4.79 Å². The lowest BCUT2D eigenvalue weighted by atomic mass is 9.85. The molecular weight excluding hydrogens is 272 g/mol. The molecule has 0 radical (unpaired) electrons. The molecule has 5 heteroatoms. The van der Waals surface area contributed by atoms with Crippen molar-refractivity contribution in [3.63, 3.8) is 0 Å². The summed E-state index contributed by atoms with van der Waals surface area (Å²) in [4.78, 5) is 12.0. The molecule has 20 heavy (non-hydrogen) atoms. The number of hydrogen-bond donors (Lipinski definition) is 1. The first-order chi connectivity index (χ1) is 9.01. The minimum atomic E-state index is -1.93. The number of carbonyl (C=O) groups excluding carboxylic acids is 1. The number of carbonyl (C=O) groups is 1. The molecule has 0 saturated carbocycles. The molecule has 1 rings (SSSR count). The Morgan fingerprint density at radius 1 is 1.30 bits per heavy atom. The second kappa shape index (κ2) is 6.16. The highest BCUT2D eigenvalue weighted by atomic mass is 28.4. The van der Waals surface area contributed by atoms with Crippen molar-refractivity contribution in [3.05, 3.63) is 0 Å². The first kappa shape index (κ1) is 17.7. The smallest absolute Gasteiger partial charge is 0.311 e. The minimum absolute atomic E-state index is 0.0312. The van der Waals surface area contributed by atoms with Crippen LogP contribution in [0.25, 0.3) is 0 Å². The molecule has 0 aromatic carbocycles. The SMILES string of the molecule is C[C@@H]1[C@H](O[Si](C)(C)C(C)(C)C)[C@@H](C)C(=O)O[C@@H]1CCO. The van der Waals surface area contributed by atoms with E-state index in [2.05, 4.69) is 40.8 Å². The highest BCUT2D eigenvalue weighted by molar-refractivity contribution is 6.74. The van der Waals surface area contributed by atoms with Crippen molar-refractivity contribution >= 4 is 14.3 Å². The Morgan fingerprint density at radius 3 is 2.30 bits per heavy atom. The zero-order valence-corrected chi connectivity index (χ0v) is 14.9. The molecule has 0 unspecified atom stereocenters. The van der Waals surface area contributed by atoms with E-state index in [9.17, 15) is 4.79 Å². The standard InChI is InChI=1S/C15H30O4Si/c1-10-12(8-9-16)18-14(17)11(2)13(10)19-20(6,7)15(3,4)5/h10-13,16H,8-9H2,1-7H3/t10-,11+,12+,13-/m0/s1. The zero-order valence-electron chi connectivity index (χ0n) is 13.9. The molecule has 0 spiro atoms. The lowest BCUT2D eigenvalue weighted by Crippen LogP contribution is -2.54. The fourth-order valence-corrected chi connectivity index (χ4v) is 3.79. The Labute approximate surface area is 124 Å². The second-order valence-electron chi connectivity index (χ2n) is 7.48. The average molecular weight is 302 g/mol. The molecule has 1 saturated heterocycles. The van der Waals surface area contributed by atoms with Crippen LogP contribution in [-0.2, 0) is 14.0 Å². The van der Waals surface area contributed by atoms with Crippen LogP contribution in [0, 0.1) is 11.8 Å². The van der Waals surface area contributed by atoms with Gasteiger partial charge in [-0.1, -0.05) is 27.7 Å². The van der Waals surface area contributed by atoms with Crippen molar-refractivity contribution in [1.29, 1.82) is 0 Å². The van der Waals surface area contributed by atoms with E-state index in [-0.39, 0.29) is 41.7 Å². The summed E-state index contributed by atoms with van der Waals surface area (Å²) in [5, 5.41) is 9.22. The number of aliphatic hydroxyl groups excluding tert-OH is 1. The van der Waals surface area contributed by atoms with E-state index in [1.807, 2.05) is 6.92 Å². The predicted molar refractivity (Wildman–Crippen MR) is 82.0 cm³/mol. The van der Waals surface area contributed by atoms with E-state index in [0.29, 0.717) is 6.42 Å². The quantitative estimate of drug-likeness (QED) is 0.641. The van der Waals surface area contributed by atoms with Crippen LogP contribution < -0.4 is 0 Å². The number of esters is 1. The van der Waals surface area contributed by atoms with Crippen molar-refractivity contribution in [3.8, 4) is 0 Å². The molecule has 1 aliphatic rings. The zero-order chi connectivity index (χ0) is 15.7. The molecule has 118 valence electrons. The third kappa shape index (κ3) is 3.62. The van der Waals surface area contributed by atoms with Gasteiger partial charge in [0.25, 0.3) is 0 Å². The molecule has 0 aromatic rings. The van der Waals surface area contributed by atoms with Gasteiger partial charge in [-0.05, 0) is 25.1 Å². The van der Waals surface area contributed by atoms with Gasteiger partial charge in [0.15, 0.2) is 8.32 Å². The predicted octanol–water partition coefficient (Wildman–Crippen LogP) is 2.96. The molecule has 0 bridgehead atoms. The van der Waals surface area contributed by atoms with E-state index in [4.69, 9.17) is 14.3 Å². The summed E-state index contributed by atoms with van der Waals surface area (Å²) in [5.41, 5.74) is 0. The lowest BCUT2D eigenvalue weighted by Gasteiger charge is -2.46. The van der Waals surface area contributed by atoms with Gasteiger partial charge in [0.05, 0.1) is 12.0 Å². The summed E-state index contributed by atoms with van der Waals surface area (Å²) in [6.07, 6.45) is 0.129. The average Bonchev–Trinajstić information content (AvgIpc) is 2.30. The van der Waals surface area contributed by atoms with Crippen molar-refractivity contribution in [2.75, 3.05) is 6.61 Å². The van der Waals surface area contributed by atoms with Gasteiger partial charge in [-0.2, -0.15) is 0 Å². The fourth-order valence-electron chi connectivity index (χ4n) is 2.34. The van der Waals surface area contributed by atoms with Crippen LogP contribution in [0.1, 0.15) is 41.0 Å². The Kier molecular flexibility index (Phi) is 5.44. The van der Waals surface area contributed by atoms with Gasteiger partial charge < -0.3 is 14.3 Å². The Balaban J connectivity index is 2.92. The van der Waals surface area contributed by atoms with Crippen LogP contribution in [0.15, 0.2) is 0 Å². The summed E-state index contributed by atoms with van der Waals surface area (Å²) in [6, 6.07) is 0. The van der Waals surface area contributed by atoms with E-state index in [1.54, 1.807) is 0 Å². The molecule has 1 heterocycles. The molecule has 1 fully saturated rings. The third-order valence-corrected chi connectivity index (χ3v) is 9.36. The number of hydrogen-bond acceptors (Lipinski definition) is 4. The summed E-state index contributed by atoms with van der Waals surface area (Å²) in [7, 11) is -1.93. The van der Waals surface area contributed by atoms with E-state index < -0.39 is 8.32 Å². The van der Waals surface area contributed by atoms with E-state index in [0.717, 1.165) is 0 Å². The van der Waals surface area contributed by atoms with Gasteiger partial charge in [0, 0.05) is 18.9 Å². The maximum absolute atomic E-state index is 12.0. The van der Waals surface area contributed by atoms with Crippen LogP contribution in [0.2, 0.25) is 18.1 Å². The molecule has 4 nitrogen and oxygen atoms in total. The van der Waals surface area contributed by atoms with Crippen molar-refractivity contribution in [2.24, 2.45) is 11.8 Å². The maximum atomic E-state index is 12.0. The number of aliphatic hydroxyl groups is 1. The Hall–Kier alpha value is -0.393. The highest BCUT2D eigenvalue weighted by Gasteiger charge is 2.47. The van der Waals surface area contributed by atoms with Crippen LogP contribution in [0.4, 0.5) is 0 Å². The van der Waals surface area contributed by atoms with Crippen LogP contribution in [-0.4, -0.2) is 38.2 Å². The van der Waals surface area contributed by atoms with Crippen LogP contribution in [0.5, 0.6) is 0 Å². The van der Waals surface area contributed by atoms with Gasteiger partial charge in [0.1, 0.15) is 6.10 Å². The van der Waals surface area contributed by atoms with Gasteiger partial charge >= 0.3 is 5.97 Å². The van der Waals surface area contributed by atoms with Crippen LogP contribution >= 0.6 is 0 Å². The monoisotopic (exact) mass is 302 g/mol. The summed E-state index contributed by atoms with van der Waals surface area (Å²) in [5.74, 6) is -0.330. The Bertz CT molecular complexity index is 348. The fraction of sp³-hybridized carbons (Fsp3) is 0.933. The Morgan fingerprint density at radius 2 is 1.85 bits per heavy atom. The first-order valence-corrected chi connectivity index (χ1v) is 10.4. The molecule has 0 aliphatic carbocycles. The molecule has 0 amide bonds. The normalized spacial score (nSPS) is 32.1. The van der Waals surface area contributed by atoms with Crippen molar-refractivity contribution in [2.45, 2.75) is 71.4 Å². The molecule has 1 aliphatic heterocycles. The third-order valence-electron chi connectivity index (χ3n) is 4.89. The molecule has 1 N–H and O–H groups in total. The maximum Gasteiger partial charge on any atom is 0.311 e. The van der Waals surface area contributed by atoms with Crippen molar-refractivity contribution in [1.82, 2.24) is 0 Å². The van der Waals surface area contributed by atoms with E-state index >= 15 is 0 Å². The number of cyclic esters (lactones) is 1.